The van der Waals surface area contributed by atoms with Crippen LogP contribution in [0.3, 0.4) is 0 Å². The number of carbonyl (C=O) groups excluding carboxylic acids is 2. The first kappa shape index (κ1) is 19.7. The van der Waals surface area contributed by atoms with Crippen molar-refractivity contribution >= 4 is 17.4 Å². The largest absolute Gasteiger partial charge is 0.360 e. The van der Waals surface area contributed by atoms with Crippen LogP contribution in [0.2, 0.25) is 0 Å². The average molecular weight is 392 g/mol. The van der Waals surface area contributed by atoms with Gasteiger partial charge in [0.05, 0.1) is 0 Å². The van der Waals surface area contributed by atoms with Crippen LogP contribution in [0.15, 0.2) is 36.0 Å². The molecule has 0 spiro atoms. The number of benzene rings is 1. The highest BCUT2D eigenvalue weighted by Gasteiger charge is 2.53. The summed E-state index contributed by atoms with van der Waals surface area (Å²) in [5, 5.41) is 15.6. The van der Waals surface area contributed by atoms with Crippen molar-refractivity contribution in [3.05, 3.63) is 41.6 Å². The highest BCUT2D eigenvalue weighted by Crippen LogP contribution is 2.61. The Bertz CT molecular complexity index is 843. The summed E-state index contributed by atoms with van der Waals surface area (Å²) >= 11 is 0. The summed E-state index contributed by atoms with van der Waals surface area (Å²) in [7, 11) is 0. The highest BCUT2D eigenvalue weighted by atomic mass is 16.1. The number of nitriles is 1. The zero-order valence-corrected chi connectivity index (χ0v) is 17.2. The lowest BCUT2D eigenvalue weighted by atomic mass is 9.48. The summed E-state index contributed by atoms with van der Waals surface area (Å²) in [5.41, 5.74) is 1.63. The maximum absolute atomic E-state index is 12.8. The number of hydrogen-bond acceptors (Lipinski definition) is 4. The van der Waals surface area contributed by atoms with Crippen molar-refractivity contribution in [2.24, 2.45) is 23.2 Å². The standard InChI is InChI=1S/C24H29N3O2/c1-15(28)20-3-5-22(6-4-20)26-14-21(13-25)23(29)27-16(2)24-10-17-7-18(11-24)9-19(8-17)12-24/h3-6,14,16-19,26H,7-12H2,1-2H3,(H,27,29)/b21-14-. The lowest BCUT2D eigenvalue weighted by Gasteiger charge is -2.59. The molecule has 2 N–H and O–H groups in total. The molecule has 1 amide bonds. The molecule has 0 aliphatic heterocycles. The minimum atomic E-state index is -0.316. The number of hydrogen-bond donors (Lipinski definition) is 2. The van der Waals surface area contributed by atoms with Gasteiger partial charge in [-0.05, 0) is 99.8 Å². The summed E-state index contributed by atoms with van der Waals surface area (Å²) in [6.07, 6.45) is 9.21. The average Bonchev–Trinajstić information content (AvgIpc) is 2.67. The summed E-state index contributed by atoms with van der Waals surface area (Å²) in [4.78, 5) is 24.1. The third-order valence-electron chi connectivity index (χ3n) is 7.39. The quantitative estimate of drug-likeness (QED) is 0.427. The second-order valence-electron chi connectivity index (χ2n) is 9.42. The van der Waals surface area contributed by atoms with Gasteiger partial charge in [-0.25, -0.2) is 0 Å². The zero-order valence-electron chi connectivity index (χ0n) is 17.2. The van der Waals surface area contributed by atoms with Gasteiger partial charge in [-0.1, -0.05) is 0 Å². The molecule has 4 aliphatic carbocycles. The zero-order chi connectivity index (χ0) is 20.6. The number of anilines is 1. The summed E-state index contributed by atoms with van der Waals surface area (Å²) in [6, 6.07) is 9.06. The maximum Gasteiger partial charge on any atom is 0.263 e. The fourth-order valence-corrected chi connectivity index (χ4v) is 6.24. The summed E-state index contributed by atoms with van der Waals surface area (Å²) in [6.45, 7) is 3.64. The molecule has 1 aromatic rings. The van der Waals surface area contributed by atoms with Crippen molar-refractivity contribution in [2.75, 3.05) is 5.32 Å². The van der Waals surface area contributed by atoms with Crippen LogP contribution in [0.25, 0.3) is 0 Å². The van der Waals surface area contributed by atoms with E-state index in [4.69, 9.17) is 0 Å². The van der Waals surface area contributed by atoms with Crippen LogP contribution in [0.5, 0.6) is 0 Å². The van der Waals surface area contributed by atoms with Gasteiger partial charge in [0.15, 0.2) is 5.78 Å². The molecule has 4 aliphatic rings. The molecule has 4 fully saturated rings. The Morgan fingerprint density at radius 3 is 2.14 bits per heavy atom. The third kappa shape index (κ3) is 3.94. The van der Waals surface area contributed by atoms with Crippen LogP contribution in [0.1, 0.15) is 62.7 Å². The van der Waals surface area contributed by atoms with Crippen LogP contribution < -0.4 is 10.6 Å². The van der Waals surface area contributed by atoms with Crippen LogP contribution in [-0.2, 0) is 4.79 Å². The smallest absolute Gasteiger partial charge is 0.263 e. The first-order chi connectivity index (χ1) is 13.9. The van der Waals surface area contributed by atoms with E-state index in [0.29, 0.717) is 5.56 Å². The van der Waals surface area contributed by atoms with Gasteiger partial charge in [-0.2, -0.15) is 5.26 Å². The van der Waals surface area contributed by atoms with Crippen LogP contribution in [-0.4, -0.2) is 17.7 Å². The molecular formula is C24H29N3O2. The summed E-state index contributed by atoms with van der Waals surface area (Å²) in [5.74, 6) is 2.16. The van der Waals surface area contributed by atoms with Crippen LogP contribution >= 0.6 is 0 Å². The first-order valence-electron chi connectivity index (χ1n) is 10.7. The number of rotatable bonds is 6. The Morgan fingerprint density at radius 1 is 1.10 bits per heavy atom. The van der Waals surface area contributed by atoms with Gasteiger partial charge in [0.2, 0.25) is 0 Å². The van der Waals surface area contributed by atoms with Crippen LogP contribution in [0.4, 0.5) is 5.69 Å². The molecule has 5 rings (SSSR count). The van der Waals surface area contributed by atoms with E-state index >= 15 is 0 Å². The lowest BCUT2D eigenvalue weighted by molar-refractivity contribution is -0.122. The van der Waals surface area contributed by atoms with E-state index in [-0.39, 0.29) is 28.7 Å². The molecule has 1 unspecified atom stereocenters. The van der Waals surface area contributed by atoms with E-state index < -0.39 is 0 Å². The van der Waals surface area contributed by atoms with Gasteiger partial charge in [0.25, 0.3) is 5.91 Å². The Labute approximate surface area is 172 Å². The molecular weight excluding hydrogens is 362 g/mol. The monoisotopic (exact) mass is 391 g/mol. The second-order valence-corrected chi connectivity index (χ2v) is 9.42. The van der Waals surface area contributed by atoms with Gasteiger partial charge in [-0.3, -0.25) is 9.59 Å². The van der Waals surface area contributed by atoms with Crippen molar-refractivity contribution in [3.8, 4) is 6.07 Å². The Kier molecular flexibility index (Phi) is 5.21. The van der Waals surface area contributed by atoms with Gasteiger partial charge in [-0.15, -0.1) is 0 Å². The number of amides is 1. The normalized spacial score (nSPS) is 31.1. The molecule has 1 atom stereocenters. The molecule has 4 saturated carbocycles. The Balaban J connectivity index is 1.40. The fraction of sp³-hybridized carbons (Fsp3) is 0.542. The molecule has 0 aromatic heterocycles. The predicted octanol–water partition coefficient (Wildman–Crippen LogP) is 4.43. The van der Waals surface area contributed by atoms with Crippen molar-refractivity contribution in [1.82, 2.24) is 5.32 Å². The number of Topliss-reactive ketones (excluding diaryl/α,β-unsaturated/α-hetero) is 1. The number of nitrogens with one attached hydrogen (secondary N) is 2. The van der Waals surface area contributed by atoms with Crippen molar-refractivity contribution in [3.63, 3.8) is 0 Å². The van der Waals surface area contributed by atoms with E-state index in [9.17, 15) is 14.9 Å². The van der Waals surface area contributed by atoms with E-state index in [2.05, 4.69) is 17.6 Å². The number of carbonyl (C=O) groups is 2. The van der Waals surface area contributed by atoms with E-state index in [1.165, 1.54) is 51.6 Å². The molecule has 1 aromatic carbocycles. The minimum Gasteiger partial charge on any atom is -0.360 e. The molecule has 0 saturated heterocycles. The van der Waals surface area contributed by atoms with Crippen LogP contribution in [0, 0.1) is 34.5 Å². The molecule has 5 nitrogen and oxygen atoms in total. The topological polar surface area (TPSA) is 82.0 Å². The molecule has 0 heterocycles. The first-order valence-corrected chi connectivity index (χ1v) is 10.7. The van der Waals surface area contributed by atoms with Gasteiger partial charge < -0.3 is 10.6 Å². The molecule has 5 heteroatoms. The summed E-state index contributed by atoms with van der Waals surface area (Å²) < 4.78 is 0. The van der Waals surface area contributed by atoms with Crippen molar-refractivity contribution < 1.29 is 9.59 Å². The predicted molar refractivity (Wildman–Crippen MR) is 112 cm³/mol. The maximum atomic E-state index is 12.8. The van der Waals surface area contributed by atoms with E-state index in [1.807, 2.05) is 6.07 Å². The van der Waals surface area contributed by atoms with E-state index in [1.54, 1.807) is 24.3 Å². The van der Waals surface area contributed by atoms with Gasteiger partial charge in [0, 0.05) is 23.5 Å². The van der Waals surface area contributed by atoms with E-state index in [0.717, 1.165) is 23.4 Å². The molecule has 29 heavy (non-hydrogen) atoms. The van der Waals surface area contributed by atoms with Gasteiger partial charge >= 0.3 is 0 Å². The molecule has 4 bridgehead atoms. The second kappa shape index (κ2) is 7.67. The molecule has 152 valence electrons. The SMILES string of the molecule is CC(=O)c1ccc(N/C=C(/C#N)C(=O)NC(C)C23CC4CC(CC(C4)C2)C3)cc1. The Morgan fingerprint density at radius 2 is 1.66 bits per heavy atom. The molecule has 0 radical (unpaired) electrons. The van der Waals surface area contributed by atoms with Crippen molar-refractivity contribution in [1.29, 1.82) is 5.26 Å². The lowest BCUT2D eigenvalue weighted by Crippen LogP contribution is -2.56. The van der Waals surface area contributed by atoms with Gasteiger partial charge in [0.1, 0.15) is 11.6 Å². The Hall–Kier alpha value is -2.61. The minimum absolute atomic E-state index is 0.00264. The third-order valence-corrected chi connectivity index (χ3v) is 7.39. The van der Waals surface area contributed by atoms with Crippen molar-refractivity contribution in [2.45, 2.75) is 58.4 Å². The number of ketones is 1. The highest BCUT2D eigenvalue weighted by molar-refractivity contribution is 5.98. The fourth-order valence-electron chi connectivity index (χ4n) is 6.24. The number of nitrogens with zero attached hydrogens (tertiary/aromatic N) is 1.